The number of terminal acetylenes is 1. The lowest BCUT2D eigenvalue weighted by Crippen LogP contribution is -2.26. The van der Waals surface area contributed by atoms with Gasteiger partial charge in [0.2, 0.25) is 0 Å². The third-order valence-electron chi connectivity index (χ3n) is 1.60. The van der Waals surface area contributed by atoms with Gasteiger partial charge >= 0.3 is 0 Å². The molecule has 0 amide bonds. The first-order valence-corrected chi connectivity index (χ1v) is 7.17. The standard InChI is InChI=1S/C8H7BrClNO2S2/c1-3-4-11(2)15(12,13)7-5-6(10)8(9)14-7/h1,5H,4H2,2H3. The van der Waals surface area contributed by atoms with Crippen LogP contribution in [0.2, 0.25) is 5.02 Å². The van der Waals surface area contributed by atoms with E-state index in [1.54, 1.807) is 0 Å². The summed E-state index contributed by atoms with van der Waals surface area (Å²) in [5.74, 6) is 2.27. The van der Waals surface area contributed by atoms with Crippen molar-refractivity contribution in [3.8, 4) is 12.3 Å². The molecule has 0 unspecified atom stereocenters. The SMILES string of the molecule is C#CCN(C)S(=O)(=O)c1cc(Cl)c(Br)s1. The molecule has 3 nitrogen and oxygen atoms in total. The Labute approximate surface area is 106 Å². The predicted molar refractivity (Wildman–Crippen MR) is 65.7 cm³/mol. The van der Waals surface area contributed by atoms with Crippen LogP contribution < -0.4 is 0 Å². The zero-order chi connectivity index (χ0) is 11.6. The summed E-state index contributed by atoms with van der Waals surface area (Å²) in [5, 5.41) is 0.382. The first-order chi connectivity index (χ1) is 6.89. The molecule has 15 heavy (non-hydrogen) atoms. The lowest BCUT2D eigenvalue weighted by molar-refractivity contribution is 0.505. The van der Waals surface area contributed by atoms with Crippen LogP contribution in [-0.2, 0) is 10.0 Å². The molecule has 1 rings (SSSR count). The van der Waals surface area contributed by atoms with Crippen molar-refractivity contribution in [2.45, 2.75) is 4.21 Å². The van der Waals surface area contributed by atoms with Gasteiger partial charge in [-0.15, -0.1) is 17.8 Å². The Kier molecular flexibility index (Phi) is 4.20. The largest absolute Gasteiger partial charge is 0.253 e. The molecule has 0 aliphatic heterocycles. The van der Waals surface area contributed by atoms with E-state index < -0.39 is 10.0 Å². The van der Waals surface area contributed by atoms with Crippen LogP contribution in [0.25, 0.3) is 0 Å². The van der Waals surface area contributed by atoms with Crippen molar-refractivity contribution in [3.63, 3.8) is 0 Å². The molecule has 1 aromatic rings. The number of hydrogen-bond acceptors (Lipinski definition) is 3. The molecule has 0 saturated carbocycles. The van der Waals surface area contributed by atoms with Gasteiger partial charge in [0.05, 0.1) is 15.4 Å². The van der Waals surface area contributed by atoms with Gasteiger partial charge in [0.15, 0.2) is 0 Å². The van der Waals surface area contributed by atoms with Crippen molar-refractivity contribution in [1.29, 1.82) is 0 Å². The van der Waals surface area contributed by atoms with Crippen molar-refractivity contribution in [1.82, 2.24) is 4.31 Å². The smallest absolute Gasteiger partial charge is 0.206 e. The van der Waals surface area contributed by atoms with Crippen molar-refractivity contribution >= 4 is 48.9 Å². The van der Waals surface area contributed by atoms with Gasteiger partial charge < -0.3 is 0 Å². The fourth-order valence-corrected chi connectivity index (χ4v) is 4.52. The maximum atomic E-state index is 11.8. The highest BCUT2D eigenvalue weighted by Gasteiger charge is 2.23. The van der Waals surface area contributed by atoms with Crippen LogP contribution in [0, 0.1) is 12.3 Å². The monoisotopic (exact) mass is 327 g/mol. The van der Waals surface area contributed by atoms with E-state index in [0.29, 0.717) is 8.81 Å². The third kappa shape index (κ3) is 2.74. The van der Waals surface area contributed by atoms with Crippen molar-refractivity contribution in [2.24, 2.45) is 0 Å². The summed E-state index contributed by atoms with van der Waals surface area (Å²) in [5.41, 5.74) is 0. The molecule has 0 N–H and O–H groups in total. The second-order valence-electron chi connectivity index (χ2n) is 2.65. The average Bonchev–Trinajstić information content (AvgIpc) is 2.48. The fourth-order valence-electron chi connectivity index (χ4n) is 0.821. The van der Waals surface area contributed by atoms with Gasteiger partial charge in [-0.3, -0.25) is 0 Å². The molecule has 1 aromatic heterocycles. The van der Waals surface area contributed by atoms with Gasteiger partial charge in [0.25, 0.3) is 10.0 Å². The minimum atomic E-state index is -3.51. The van der Waals surface area contributed by atoms with Crippen LogP contribution in [0.4, 0.5) is 0 Å². The number of halogens is 2. The van der Waals surface area contributed by atoms with E-state index in [-0.39, 0.29) is 10.8 Å². The van der Waals surface area contributed by atoms with E-state index in [1.807, 2.05) is 0 Å². The zero-order valence-corrected chi connectivity index (χ0v) is 11.7. The Morgan fingerprint density at radius 3 is 2.73 bits per heavy atom. The van der Waals surface area contributed by atoms with Crippen molar-refractivity contribution in [2.75, 3.05) is 13.6 Å². The molecule has 0 radical (unpaired) electrons. The van der Waals surface area contributed by atoms with Crippen LogP contribution in [0.1, 0.15) is 0 Å². The highest BCUT2D eigenvalue weighted by Crippen LogP contribution is 2.35. The van der Waals surface area contributed by atoms with E-state index in [0.717, 1.165) is 15.6 Å². The Morgan fingerprint density at radius 1 is 1.73 bits per heavy atom. The molecule has 0 aliphatic carbocycles. The first kappa shape index (κ1) is 13.0. The maximum Gasteiger partial charge on any atom is 0.253 e. The number of rotatable bonds is 3. The van der Waals surface area contributed by atoms with E-state index in [2.05, 4.69) is 21.9 Å². The fraction of sp³-hybridized carbons (Fsp3) is 0.250. The predicted octanol–water partition coefficient (Wildman–Crippen LogP) is 2.42. The van der Waals surface area contributed by atoms with Gasteiger partial charge in [0, 0.05) is 7.05 Å². The minimum Gasteiger partial charge on any atom is -0.206 e. The Balaban J connectivity index is 3.13. The summed E-state index contributed by atoms with van der Waals surface area (Å²) in [6.45, 7) is 0.0372. The molecule has 0 aromatic carbocycles. The Hall–Kier alpha value is -0.0600. The molecule has 1 heterocycles. The van der Waals surface area contributed by atoms with Gasteiger partial charge in [0.1, 0.15) is 4.21 Å². The van der Waals surface area contributed by atoms with Crippen LogP contribution >= 0.6 is 38.9 Å². The van der Waals surface area contributed by atoms with Gasteiger partial charge in [-0.2, -0.15) is 4.31 Å². The average molecular weight is 329 g/mol. The maximum absolute atomic E-state index is 11.8. The van der Waals surface area contributed by atoms with Crippen LogP contribution in [-0.4, -0.2) is 26.3 Å². The van der Waals surface area contributed by atoms with E-state index in [9.17, 15) is 8.42 Å². The van der Waals surface area contributed by atoms with E-state index in [4.69, 9.17) is 18.0 Å². The van der Waals surface area contributed by atoms with Crippen LogP contribution in [0.5, 0.6) is 0 Å². The van der Waals surface area contributed by atoms with E-state index in [1.165, 1.54) is 13.1 Å². The molecule has 82 valence electrons. The summed E-state index contributed by atoms with van der Waals surface area (Å²) in [6.07, 6.45) is 5.05. The van der Waals surface area contributed by atoms with Crippen molar-refractivity contribution < 1.29 is 8.42 Å². The summed E-state index contributed by atoms with van der Waals surface area (Å²) < 4.78 is 25.6. The van der Waals surface area contributed by atoms with Gasteiger partial charge in [-0.25, -0.2) is 8.42 Å². The number of nitrogens with zero attached hydrogens (tertiary/aromatic N) is 1. The van der Waals surface area contributed by atoms with Crippen LogP contribution in [0.15, 0.2) is 14.1 Å². The molecule has 0 aliphatic rings. The molecular formula is C8H7BrClNO2S2. The highest BCUT2D eigenvalue weighted by molar-refractivity contribution is 9.11. The Morgan fingerprint density at radius 2 is 2.33 bits per heavy atom. The molecule has 0 atom stereocenters. The number of hydrogen-bond donors (Lipinski definition) is 0. The van der Waals surface area contributed by atoms with Gasteiger partial charge in [-0.05, 0) is 22.0 Å². The number of thiophene rings is 1. The van der Waals surface area contributed by atoms with Crippen molar-refractivity contribution in [3.05, 3.63) is 14.9 Å². The first-order valence-electron chi connectivity index (χ1n) is 3.74. The quantitative estimate of drug-likeness (QED) is 0.799. The Bertz CT molecular complexity index is 484. The summed E-state index contributed by atoms with van der Waals surface area (Å²) in [7, 11) is -2.08. The van der Waals surface area contributed by atoms with E-state index >= 15 is 0 Å². The third-order valence-corrected chi connectivity index (χ3v) is 6.33. The zero-order valence-electron chi connectivity index (χ0n) is 7.70. The summed E-state index contributed by atoms with van der Waals surface area (Å²) in [6, 6.07) is 1.40. The lowest BCUT2D eigenvalue weighted by Gasteiger charge is -2.11. The topological polar surface area (TPSA) is 37.4 Å². The minimum absolute atomic E-state index is 0.0372. The van der Waals surface area contributed by atoms with Crippen LogP contribution in [0.3, 0.4) is 0 Å². The number of sulfonamides is 1. The highest BCUT2D eigenvalue weighted by atomic mass is 79.9. The molecule has 0 bridgehead atoms. The van der Waals surface area contributed by atoms with Gasteiger partial charge in [-0.1, -0.05) is 17.5 Å². The lowest BCUT2D eigenvalue weighted by atomic mass is 10.7. The molecular weight excluding hydrogens is 322 g/mol. The molecule has 0 spiro atoms. The normalized spacial score (nSPS) is 11.7. The molecule has 0 saturated heterocycles. The molecule has 0 fully saturated rings. The summed E-state index contributed by atoms with van der Waals surface area (Å²) in [4.78, 5) is 0. The second kappa shape index (κ2) is 4.85. The molecule has 7 heteroatoms. The second-order valence-corrected chi connectivity index (χ2v) is 7.70. The summed E-state index contributed by atoms with van der Waals surface area (Å²) >= 11 is 9.98.